The van der Waals surface area contributed by atoms with Crippen LogP contribution in [-0.4, -0.2) is 32.3 Å². The summed E-state index contributed by atoms with van der Waals surface area (Å²) in [5.74, 6) is 1.86. The maximum absolute atomic E-state index is 4.83. The van der Waals surface area contributed by atoms with Gasteiger partial charge in [-0.3, -0.25) is 0 Å². The molecule has 39 heavy (non-hydrogen) atoms. The highest BCUT2D eigenvalue weighted by Gasteiger charge is 2.45. The Morgan fingerprint density at radius 1 is 0.641 bits per heavy atom. The summed E-state index contributed by atoms with van der Waals surface area (Å²) in [5, 5.41) is 7.84. The number of nitrogens with one attached hydrogen (secondary N) is 4. The lowest BCUT2D eigenvalue weighted by Crippen LogP contribution is -2.58. The summed E-state index contributed by atoms with van der Waals surface area (Å²) < 4.78 is 0. The number of hydrogen-bond acceptors (Lipinski definition) is 6. The van der Waals surface area contributed by atoms with E-state index < -0.39 is 0 Å². The minimum atomic E-state index is -0.370. The molecule has 0 saturated carbocycles. The summed E-state index contributed by atoms with van der Waals surface area (Å²) in [4.78, 5) is 21.6. The molecule has 8 nitrogen and oxygen atoms in total. The highest BCUT2D eigenvalue weighted by molar-refractivity contribution is 5.59. The van der Waals surface area contributed by atoms with Gasteiger partial charge in [0.15, 0.2) is 0 Å². The van der Waals surface area contributed by atoms with E-state index in [1.54, 1.807) is 0 Å². The second-order valence-electron chi connectivity index (χ2n) is 11.7. The fourth-order valence-electron chi connectivity index (χ4n) is 5.78. The molecular formula is C31H34N8. The Kier molecular flexibility index (Phi) is 5.17. The zero-order valence-corrected chi connectivity index (χ0v) is 22.7. The highest BCUT2D eigenvalue weighted by Crippen LogP contribution is 2.39. The van der Waals surface area contributed by atoms with Crippen LogP contribution in [-0.2, 0) is 17.3 Å². The Bertz CT molecular complexity index is 1440. The molecule has 0 aliphatic carbocycles. The van der Waals surface area contributed by atoms with E-state index >= 15 is 0 Å². The van der Waals surface area contributed by atoms with Gasteiger partial charge in [0.2, 0.25) is 0 Å². The predicted octanol–water partition coefficient (Wildman–Crippen LogP) is 4.85. The number of imidazole rings is 2. The van der Waals surface area contributed by atoms with Crippen molar-refractivity contribution >= 4 is 11.4 Å². The topological polar surface area (TPSA) is 87.9 Å². The van der Waals surface area contributed by atoms with E-state index in [1.165, 1.54) is 0 Å². The maximum Gasteiger partial charge on any atom is 0.143 e. The van der Waals surface area contributed by atoms with Crippen LogP contribution in [0.3, 0.4) is 0 Å². The Balaban J connectivity index is 1.41. The number of para-hydroxylation sites is 2. The molecule has 2 atom stereocenters. The number of nitrogens with zero attached hydrogens (tertiary/aromatic N) is 4. The van der Waals surface area contributed by atoms with Gasteiger partial charge in [-0.15, -0.1) is 0 Å². The van der Waals surface area contributed by atoms with Gasteiger partial charge in [-0.05, 0) is 52.0 Å². The van der Waals surface area contributed by atoms with Crippen molar-refractivity contribution in [3.63, 3.8) is 0 Å². The van der Waals surface area contributed by atoms with Crippen molar-refractivity contribution in [2.45, 2.75) is 57.3 Å². The van der Waals surface area contributed by atoms with Gasteiger partial charge >= 0.3 is 0 Å². The van der Waals surface area contributed by atoms with E-state index in [9.17, 15) is 0 Å². The molecule has 7 rings (SSSR count). The monoisotopic (exact) mass is 518 g/mol. The van der Waals surface area contributed by atoms with Crippen molar-refractivity contribution in [3.8, 4) is 0 Å². The molecule has 5 heterocycles. The number of rotatable bonds is 2. The molecule has 0 saturated heterocycles. The minimum absolute atomic E-state index is 0.0989. The van der Waals surface area contributed by atoms with Crippen LogP contribution in [0, 0.1) is 0 Å². The fourth-order valence-corrected chi connectivity index (χ4v) is 5.78. The molecule has 0 spiro atoms. The second kappa shape index (κ2) is 8.53. The molecule has 4 aromatic rings. The molecule has 8 heteroatoms. The van der Waals surface area contributed by atoms with Crippen molar-refractivity contribution in [1.82, 2.24) is 30.6 Å². The van der Waals surface area contributed by atoms with Crippen LogP contribution in [0.4, 0.5) is 11.4 Å². The molecule has 3 aliphatic rings. The lowest BCUT2D eigenvalue weighted by Gasteiger charge is -2.37. The largest absolute Gasteiger partial charge is 0.363 e. The first-order valence-corrected chi connectivity index (χ1v) is 13.5. The molecule has 0 amide bonds. The molecule has 2 aromatic carbocycles. The van der Waals surface area contributed by atoms with Gasteiger partial charge in [-0.25, -0.2) is 9.97 Å². The van der Waals surface area contributed by atoms with Gasteiger partial charge in [0.1, 0.15) is 24.0 Å². The van der Waals surface area contributed by atoms with Crippen LogP contribution in [0.25, 0.3) is 0 Å². The third kappa shape index (κ3) is 3.81. The Morgan fingerprint density at radius 3 is 1.46 bits per heavy atom. The standard InChI is InChI=1S/C31H34N8/c1-30(2)24-18-38(22-11-7-5-8-12-22)26(36-24)27-37-25(19-39(27)23-13-9-6-10-14-23)31(3,4)29-33-17-21(35-29)15-20-16-32-28(30)34-20/h5-14,16-19,26-27,36-37H,15H2,1-4H3,(H,32,34)(H,33,35). The Labute approximate surface area is 228 Å². The third-order valence-corrected chi connectivity index (χ3v) is 8.32. The number of benzene rings is 2. The summed E-state index contributed by atoms with van der Waals surface area (Å²) in [7, 11) is 0. The van der Waals surface area contributed by atoms with E-state index in [4.69, 9.17) is 9.97 Å². The number of fused-ring (bicyclic) bond motifs is 9. The van der Waals surface area contributed by atoms with Gasteiger partial charge < -0.3 is 30.4 Å². The van der Waals surface area contributed by atoms with Gasteiger partial charge in [-0.2, -0.15) is 0 Å². The van der Waals surface area contributed by atoms with Gasteiger partial charge in [-0.1, -0.05) is 36.4 Å². The number of hydrogen-bond donors (Lipinski definition) is 4. The van der Waals surface area contributed by atoms with Crippen LogP contribution < -0.4 is 20.4 Å². The maximum atomic E-state index is 4.83. The normalized spacial score (nSPS) is 22.8. The zero-order valence-electron chi connectivity index (χ0n) is 22.7. The molecule has 0 radical (unpaired) electrons. The molecule has 3 aliphatic heterocycles. The first kappa shape index (κ1) is 23.6. The summed E-state index contributed by atoms with van der Waals surface area (Å²) in [6.45, 7) is 8.87. The molecular weight excluding hydrogens is 484 g/mol. The number of aromatic nitrogens is 4. The van der Waals surface area contributed by atoms with Gasteiger partial charge in [0.05, 0.1) is 10.8 Å². The lowest BCUT2D eigenvalue weighted by atomic mass is 9.88. The molecule has 198 valence electrons. The highest BCUT2D eigenvalue weighted by atomic mass is 15.4. The average molecular weight is 519 g/mol. The number of anilines is 2. The van der Waals surface area contributed by atoms with Crippen LogP contribution in [0.2, 0.25) is 0 Å². The van der Waals surface area contributed by atoms with Gasteiger partial charge in [0.25, 0.3) is 0 Å². The van der Waals surface area contributed by atoms with E-state index in [0.29, 0.717) is 6.42 Å². The average Bonchev–Trinajstić information content (AvgIpc) is 3.75. The van der Waals surface area contributed by atoms with E-state index in [-0.39, 0.29) is 23.2 Å². The van der Waals surface area contributed by atoms with Crippen LogP contribution in [0.5, 0.6) is 0 Å². The number of aromatic amines is 2. The van der Waals surface area contributed by atoms with Crippen molar-refractivity contribution < 1.29 is 0 Å². The molecule has 2 unspecified atom stereocenters. The molecule has 8 bridgehead atoms. The van der Waals surface area contributed by atoms with Crippen molar-refractivity contribution in [2.75, 3.05) is 9.80 Å². The SMILES string of the molecule is CC1(C)C2=CN(c3ccccc3)C(N2)C2NC(=CN2c2ccccc2)C(C)(C)c2ncc([nH]2)Cc2cnc1[nH]2. The first-order chi connectivity index (χ1) is 18.8. The Hall–Kier alpha value is -4.46. The van der Waals surface area contributed by atoms with Crippen molar-refractivity contribution in [1.29, 1.82) is 0 Å². The van der Waals surface area contributed by atoms with Crippen LogP contribution >= 0.6 is 0 Å². The summed E-state index contributed by atoms with van der Waals surface area (Å²) in [6, 6.07) is 21.1. The fraction of sp³-hybridized carbons (Fsp3) is 0.290. The summed E-state index contributed by atoms with van der Waals surface area (Å²) >= 11 is 0. The predicted molar refractivity (Wildman–Crippen MR) is 154 cm³/mol. The van der Waals surface area contributed by atoms with E-state index in [1.807, 2.05) is 12.4 Å². The lowest BCUT2D eigenvalue weighted by molar-refractivity contribution is 0.413. The van der Waals surface area contributed by atoms with Crippen LogP contribution in [0.15, 0.2) is 96.9 Å². The minimum Gasteiger partial charge on any atom is -0.363 e. The van der Waals surface area contributed by atoms with Crippen LogP contribution in [0.1, 0.15) is 50.7 Å². The molecule has 2 aromatic heterocycles. The smallest absolute Gasteiger partial charge is 0.143 e. The van der Waals surface area contributed by atoms with E-state index in [2.05, 4.69) is 131 Å². The van der Waals surface area contributed by atoms with Gasteiger partial charge in [0, 0.05) is 65.4 Å². The molecule has 4 N–H and O–H groups in total. The zero-order chi connectivity index (χ0) is 26.8. The summed E-state index contributed by atoms with van der Waals surface area (Å²) in [5.41, 5.74) is 5.85. The third-order valence-electron chi connectivity index (χ3n) is 8.32. The quantitative estimate of drug-likeness (QED) is 0.304. The Morgan fingerprint density at radius 2 is 1.05 bits per heavy atom. The first-order valence-electron chi connectivity index (χ1n) is 13.5. The van der Waals surface area contributed by atoms with E-state index in [0.717, 1.165) is 45.8 Å². The number of allylic oxidation sites excluding steroid dienone is 2. The number of H-pyrrole nitrogens is 2. The molecule has 0 fully saturated rings. The van der Waals surface area contributed by atoms with Crippen molar-refractivity contribution in [3.05, 3.63) is 120 Å². The second-order valence-corrected chi connectivity index (χ2v) is 11.7. The summed E-state index contributed by atoms with van der Waals surface area (Å²) in [6.07, 6.45) is 8.90. The van der Waals surface area contributed by atoms with Crippen molar-refractivity contribution in [2.24, 2.45) is 0 Å².